The van der Waals surface area contributed by atoms with Crippen LogP contribution in [0.25, 0.3) is 0 Å². The lowest BCUT2D eigenvalue weighted by molar-refractivity contribution is 0.221. The SMILES string of the molecule is C=C(C)/C=C(\C)C1CC(CC)C1. The highest BCUT2D eigenvalue weighted by atomic mass is 14.3. The largest absolute Gasteiger partial charge is 0.0961 e. The molecule has 1 fully saturated rings. The van der Waals surface area contributed by atoms with Gasteiger partial charge in [-0.15, -0.1) is 0 Å². The van der Waals surface area contributed by atoms with E-state index in [9.17, 15) is 0 Å². The summed E-state index contributed by atoms with van der Waals surface area (Å²) in [5.41, 5.74) is 2.72. The highest BCUT2D eigenvalue weighted by Gasteiger charge is 2.28. The normalized spacial score (nSPS) is 29.8. The maximum Gasteiger partial charge on any atom is -0.0198 e. The summed E-state index contributed by atoms with van der Waals surface area (Å²) in [6.07, 6.45) is 6.41. The zero-order valence-corrected chi connectivity index (χ0v) is 8.56. The molecule has 0 unspecified atom stereocenters. The van der Waals surface area contributed by atoms with E-state index >= 15 is 0 Å². The first kappa shape index (κ1) is 9.57. The topological polar surface area (TPSA) is 0 Å². The highest BCUT2D eigenvalue weighted by Crippen LogP contribution is 2.40. The molecule has 0 radical (unpaired) electrons. The molecule has 0 saturated heterocycles. The van der Waals surface area contributed by atoms with Crippen molar-refractivity contribution < 1.29 is 0 Å². The van der Waals surface area contributed by atoms with Crippen molar-refractivity contribution in [2.24, 2.45) is 11.8 Å². The van der Waals surface area contributed by atoms with Crippen LogP contribution in [0, 0.1) is 11.8 Å². The van der Waals surface area contributed by atoms with Crippen molar-refractivity contribution in [2.45, 2.75) is 40.0 Å². The second-order valence-corrected chi connectivity index (χ2v) is 4.18. The number of hydrogen-bond acceptors (Lipinski definition) is 0. The van der Waals surface area contributed by atoms with Gasteiger partial charge in [0.05, 0.1) is 0 Å². The Kier molecular flexibility index (Phi) is 3.13. The molecule has 0 aromatic heterocycles. The zero-order chi connectivity index (χ0) is 9.14. The van der Waals surface area contributed by atoms with Gasteiger partial charge in [-0.25, -0.2) is 0 Å². The molecule has 1 aliphatic rings. The van der Waals surface area contributed by atoms with Crippen molar-refractivity contribution in [3.63, 3.8) is 0 Å². The molecule has 0 amide bonds. The third-order valence-corrected chi connectivity index (χ3v) is 2.93. The minimum Gasteiger partial charge on any atom is -0.0961 e. The summed E-state index contributed by atoms with van der Waals surface area (Å²) >= 11 is 0. The van der Waals surface area contributed by atoms with Gasteiger partial charge in [0.1, 0.15) is 0 Å². The number of hydrogen-bond donors (Lipinski definition) is 0. The Balaban J connectivity index is 2.37. The summed E-state index contributed by atoms with van der Waals surface area (Å²) in [7, 11) is 0. The third-order valence-electron chi connectivity index (χ3n) is 2.93. The second kappa shape index (κ2) is 3.93. The monoisotopic (exact) mass is 164 g/mol. The van der Waals surface area contributed by atoms with Gasteiger partial charge in [-0.1, -0.05) is 37.1 Å². The smallest absolute Gasteiger partial charge is 0.0198 e. The standard InChI is InChI=1S/C12H20/c1-5-11-7-12(8-11)10(4)6-9(2)3/h6,11-12H,2,5,7-8H2,1,3-4H3/b10-6+. The van der Waals surface area contributed by atoms with Crippen molar-refractivity contribution in [1.82, 2.24) is 0 Å². The van der Waals surface area contributed by atoms with E-state index in [0.717, 1.165) is 11.8 Å². The summed E-state index contributed by atoms with van der Waals surface area (Å²) < 4.78 is 0. The van der Waals surface area contributed by atoms with Gasteiger partial charge in [0, 0.05) is 0 Å². The van der Waals surface area contributed by atoms with E-state index in [-0.39, 0.29) is 0 Å². The fourth-order valence-corrected chi connectivity index (χ4v) is 1.95. The Morgan fingerprint density at radius 2 is 2.00 bits per heavy atom. The Morgan fingerprint density at radius 3 is 2.42 bits per heavy atom. The Labute approximate surface area is 76.4 Å². The maximum atomic E-state index is 3.90. The molecule has 0 nitrogen and oxygen atoms in total. The minimum atomic E-state index is 0.867. The van der Waals surface area contributed by atoms with Gasteiger partial charge in [0.2, 0.25) is 0 Å². The number of rotatable bonds is 3. The van der Waals surface area contributed by atoms with E-state index in [1.54, 1.807) is 0 Å². The predicted molar refractivity (Wildman–Crippen MR) is 55.1 cm³/mol. The Bertz CT molecular complexity index is 192. The average Bonchev–Trinajstić information content (AvgIpc) is 1.82. The van der Waals surface area contributed by atoms with Crippen LogP contribution in [-0.2, 0) is 0 Å². The molecular weight excluding hydrogens is 144 g/mol. The van der Waals surface area contributed by atoms with E-state index < -0.39 is 0 Å². The van der Waals surface area contributed by atoms with Crippen LogP contribution in [-0.4, -0.2) is 0 Å². The van der Waals surface area contributed by atoms with Crippen LogP contribution in [0.2, 0.25) is 0 Å². The average molecular weight is 164 g/mol. The maximum absolute atomic E-state index is 3.90. The molecular formula is C12H20. The quantitative estimate of drug-likeness (QED) is 0.554. The predicted octanol–water partition coefficient (Wildman–Crippen LogP) is 3.95. The summed E-state index contributed by atoms with van der Waals surface area (Å²) in [6, 6.07) is 0. The van der Waals surface area contributed by atoms with E-state index in [1.807, 2.05) is 0 Å². The molecule has 1 rings (SSSR count). The molecule has 1 aliphatic carbocycles. The van der Waals surface area contributed by atoms with Crippen LogP contribution in [0.1, 0.15) is 40.0 Å². The molecule has 1 saturated carbocycles. The summed E-state index contributed by atoms with van der Waals surface area (Å²) in [5, 5.41) is 0. The van der Waals surface area contributed by atoms with Crippen molar-refractivity contribution in [3.8, 4) is 0 Å². The van der Waals surface area contributed by atoms with Gasteiger partial charge >= 0.3 is 0 Å². The van der Waals surface area contributed by atoms with Crippen LogP contribution >= 0.6 is 0 Å². The molecule has 0 aromatic rings. The fraction of sp³-hybridized carbons (Fsp3) is 0.667. The molecule has 0 aliphatic heterocycles. The third kappa shape index (κ3) is 2.23. The lowest BCUT2D eigenvalue weighted by Gasteiger charge is -2.35. The summed E-state index contributed by atoms with van der Waals surface area (Å²) in [4.78, 5) is 0. The Hall–Kier alpha value is -0.520. The molecule has 0 atom stereocenters. The van der Waals surface area contributed by atoms with Crippen molar-refractivity contribution in [1.29, 1.82) is 0 Å². The van der Waals surface area contributed by atoms with Crippen LogP contribution in [0.4, 0.5) is 0 Å². The molecule has 12 heavy (non-hydrogen) atoms. The highest BCUT2D eigenvalue weighted by molar-refractivity contribution is 5.20. The molecule has 0 bridgehead atoms. The molecule has 0 heterocycles. The van der Waals surface area contributed by atoms with Crippen molar-refractivity contribution in [3.05, 3.63) is 23.8 Å². The lowest BCUT2D eigenvalue weighted by Crippen LogP contribution is -2.23. The number of allylic oxidation sites excluding steroid dienone is 3. The second-order valence-electron chi connectivity index (χ2n) is 4.18. The first-order chi connectivity index (χ1) is 5.63. The van der Waals surface area contributed by atoms with Crippen molar-refractivity contribution in [2.75, 3.05) is 0 Å². The van der Waals surface area contributed by atoms with Gasteiger partial charge in [-0.3, -0.25) is 0 Å². The first-order valence-electron chi connectivity index (χ1n) is 4.97. The fourth-order valence-electron chi connectivity index (χ4n) is 1.95. The Morgan fingerprint density at radius 1 is 1.42 bits per heavy atom. The van der Waals surface area contributed by atoms with Gasteiger partial charge in [0.15, 0.2) is 0 Å². The van der Waals surface area contributed by atoms with Gasteiger partial charge in [0.25, 0.3) is 0 Å². The van der Waals surface area contributed by atoms with Crippen LogP contribution in [0.5, 0.6) is 0 Å². The van der Waals surface area contributed by atoms with E-state index in [1.165, 1.54) is 30.4 Å². The van der Waals surface area contributed by atoms with Crippen LogP contribution < -0.4 is 0 Å². The van der Waals surface area contributed by atoms with Gasteiger partial charge in [-0.2, -0.15) is 0 Å². The van der Waals surface area contributed by atoms with Gasteiger partial charge < -0.3 is 0 Å². The molecule has 0 heteroatoms. The molecule has 68 valence electrons. The van der Waals surface area contributed by atoms with Crippen molar-refractivity contribution >= 4 is 0 Å². The molecule has 0 aromatic carbocycles. The zero-order valence-electron chi connectivity index (χ0n) is 8.56. The molecule has 0 spiro atoms. The van der Waals surface area contributed by atoms with Crippen LogP contribution in [0.15, 0.2) is 23.8 Å². The van der Waals surface area contributed by atoms with Gasteiger partial charge in [-0.05, 0) is 38.5 Å². The first-order valence-corrected chi connectivity index (χ1v) is 4.97. The summed E-state index contributed by atoms with van der Waals surface area (Å²) in [5.74, 6) is 1.87. The van der Waals surface area contributed by atoms with E-state index in [0.29, 0.717) is 0 Å². The van der Waals surface area contributed by atoms with E-state index in [4.69, 9.17) is 0 Å². The van der Waals surface area contributed by atoms with Crippen LogP contribution in [0.3, 0.4) is 0 Å². The minimum absolute atomic E-state index is 0.867. The lowest BCUT2D eigenvalue weighted by atomic mass is 9.70. The summed E-state index contributed by atoms with van der Waals surface area (Å²) in [6.45, 7) is 10.5. The molecule has 0 N–H and O–H groups in total. The van der Waals surface area contributed by atoms with E-state index in [2.05, 4.69) is 33.4 Å².